The van der Waals surface area contributed by atoms with Gasteiger partial charge in [0.2, 0.25) is 0 Å². The number of rotatable bonds is 2. The Bertz CT molecular complexity index is 857. The van der Waals surface area contributed by atoms with Crippen LogP contribution in [0.5, 0.6) is 0 Å². The van der Waals surface area contributed by atoms with Gasteiger partial charge in [0.15, 0.2) is 0 Å². The number of aromatic nitrogens is 1. The van der Waals surface area contributed by atoms with Crippen molar-refractivity contribution in [1.29, 1.82) is 0 Å². The fraction of sp³-hybridized carbons (Fsp3) is 0.267. The minimum atomic E-state index is -0.340. The first kappa shape index (κ1) is 14.2. The lowest BCUT2D eigenvalue weighted by atomic mass is 9.85. The summed E-state index contributed by atoms with van der Waals surface area (Å²) in [6.07, 6.45) is 1.67. The summed E-state index contributed by atoms with van der Waals surface area (Å²) in [6, 6.07) is 3.36. The number of allylic oxidation sites excluding steroid dienone is 1. The van der Waals surface area contributed by atoms with E-state index in [1.165, 1.54) is 11.3 Å². The largest absolute Gasteiger partial charge is 0.305 e. The molecule has 1 aromatic heterocycles. The molecule has 2 bridgehead atoms. The number of anilines is 1. The molecule has 8 heteroatoms. The van der Waals surface area contributed by atoms with Crippen LogP contribution in [0.15, 0.2) is 29.4 Å². The molecular weight excluding hydrogens is 314 g/mol. The Hall–Kier alpha value is -2.45. The second-order valence-electron chi connectivity index (χ2n) is 6.08. The van der Waals surface area contributed by atoms with E-state index in [1.54, 1.807) is 18.3 Å². The van der Waals surface area contributed by atoms with Gasteiger partial charge in [0.05, 0.1) is 27.4 Å². The molecule has 2 aliphatic rings. The summed E-state index contributed by atoms with van der Waals surface area (Å²) in [7, 11) is 0. The van der Waals surface area contributed by atoms with Crippen molar-refractivity contribution < 1.29 is 4.92 Å². The van der Waals surface area contributed by atoms with Crippen LogP contribution < -0.4 is 16.0 Å². The quantitative estimate of drug-likeness (QED) is 0.651. The average Bonchev–Trinajstić information content (AvgIpc) is 3.08. The molecule has 0 atom stereocenters. The summed E-state index contributed by atoms with van der Waals surface area (Å²) in [6.45, 7) is 6.20. The van der Waals surface area contributed by atoms with Crippen molar-refractivity contribution in [2.45, 2.75) is 26.3 Å². The lowest BCUT2D eigenvalue weighted by molar-refractivity contribution is -0.384. The third kappa shape index (κ3) is 1.76. The number of nitrogens with one attached hydrogen (secondary N) is 2. The molecule has 0 spiro atoms. The van der Waals surface area contributed by atoms with Gasteiger partial charge >= 0.3 is 0 Å². The number of hydrogen-bond donors (Lipinski definition) is 2. The maximum atomic E-state index is 11.5. The first-order valence-electron chi connectivity index (χ1n) is 7.18. The Morgan fingerprint density at radius 1 is 1.35 bits per heavy atom. The molecule has 0 amide bonds. The normalized spacial score (nSPS) is 18.0. The van der Waals surface area contributed by atoms with Crippen molar-refractivity contribution >= 4 is 28.3 Å². The average molecular weight is 329 g/mol. The highest BCUT2D eigenvalue weighted by Crippen LogP contribution is 2.50. The van der Waals surface area contributed by atoms with E-state index in [1.807, 2.05) is 17.3 Å². The Labute approximate surface area is 136 Å². The molecule has 2 N–H and O–H groups in total. The minimum Gasteiger partial charge on any atom is -0.305 e. The van der Waals surface area contributed by atoms with Crippen molar-refractivity contribution in [2.75, 3.05) is 5.01 Å². The highest BCUT2D eigenvalue weighted by Gasteiger charge is 2.45. The summed E-state index contributed by atoms with van der Waals surface area (Å²) in [5.74, 6) is 0. The fourth-order valence-corrected chi connectivity index (χ4v) is 4.11. The maximum absolute atomic E-state index is 11.5. The van der Waals surface area contributed by atoms with Crippen LogP contribution >= 0.6 is 11.3 Å². The van der Waals surface area contributed by atoms with Crippen LogP contribution in [0.2, 0.25) is 0 Å². The molecule has 3 heterocycles. The smallest absolute Gasteiger partial charge is 0.280 e. The van der Waals surface area contributed by atoms with E-state index in [4.69, 9.17) is 0 Å². The van der Waals surface area contributed by atoms with Gasteiger partial charge in [-0.15, -0.1) is 16.9 Å². The summed E-state index contributed by atoms with van der Waals surface area (Å²) in [4.78, 5) is 15.5. The predicted molar refractivity (Wildman–Crippen MR) is 89.6 cm³/mol. The third-order valence-electron chi connectivity index (χ3n) is 4.46. The summed E-state index contributed by atoms with van der Waals surface area (Å²) >= 11 is 1.41. The second kappa shape index (κ2) is 4.53. The van der Waals surface area contributed by atoms with Gasteiger partial charge in [0, 0.05) is 23.2 Å². The SMILES string of the molecule is CC1=C2NNN(c3ccc([N+](=O)[O-])c(-c4nccs4)c31)C2(C)C. The molecule has 23 heavy (non-hydrogen) atoms. The molecule has 1 fully saturated rings. The summed E-state index contributed by atoms with van der Waals surface area (Å²) in [5, 5.41) is 16.0. The zero-order valence-corrected chi connectivity index (χ0v) is 13.7. The van der Waals surface area contributed by atoms with Gasteiger partial charge in [0.25, 0.3) is 5.69 Å². The molecule has 0 aliphatic carbocycles. The van der Waals surface area contributed by atoms with Crippen LogP contribution in [0.4, 0.5) is 11.4 Å². The zero-order valence-electron chi connectivity index (χ0n) is 12.9. The highest BCUT2D eigenvalue weighted by molar-refractivity contribution is 7.13. The van der Waals surface area contributed by atoms with E-state index in [0.29, 0.717) is 10.6 Å². The number of nitro groups is 1. The topological polar surface area (TPSA) is 83.3 Å². The standard InChI is InChI=1S/C15H15N5O2S/c1-8-11-9(19-15(2,3)13(8)17-18-19)4-5-10(20(21)22)12(11)14-16-6-7-23-14/h4-7,17-18H,1-3H3. The summed E-state index contributed by atoms with van der Waals surface area (Å²) < 4.78 is 0. The van der Waals surface area contributed by atoms with E-state index < -0.39 is 0 Å². The maximum Gasteiger partial charge on any atom is 0.280 e. The van der Waals surface area contributed by atoms with E-state index in [0.717, 1.165) is 22.5 Å². The van der Waals surface area contributed by atoms with E-state index in [-0.39, 0.29) is 16.1 Å². The molecule has 2 aromatic rings. The monoisotopic (exact) mass is 329 g/mol. The Morgan fingerprint density at radius 3 is 2.78 bits per heavy atom. The molecule has 4 rings (SSSR count). The van der Waals surface area contributed by atoms with Gasteiger partial charge in [-0.3, -0.25) is 15.1 Å². The zero-order chi connectivity index (χ0) is 16.4. The van der Waals surface area contributed by atoms with Crippen molar-refractivity contribution in [3.05, 3.63) is 45.1 Å². The lowest BCUT2D eigenvalue weighted by Crippen LogP contribution is -2.47. The van der Waals surface area contributed by atoms with E-state index in [2.05, 4.69) is 29.8 Å². The van der Waals surface area contributed by atoms with Gasteiger partial charge in [-0.1, -0.05) is 0 Å². The molecule has 1 saturated heterocycles. The number of hydrogen-bond acceptors (Lipinski definition) is 7. The Morgan fingerprint density at radius 2 is 2.13 bits per heavy atom. The highest BCUT2D eigenvalue weighted by atomic mass is 32.1. The van der Waals surface area contributed by atoms with Gasteiger partial charge in [-0.05, 0) is 32.4 Å². The van der Waals surface area contributed by atoms with Crippen molar-refractivity contribution in [3.63, 3.8) is 0 Å². The van der Waals surface area contributed by atoms with Gasteiger partial charge < -0.3 is 5.43 Å². The number of fused-ring (bicyclic) bond motifs is 4. The number of benzene rings is 1. The number of nitro benzene ring substituents is 1. The van der Waals surface area contributed by atoms with Crippen LogP contribution in [0.25, 0.3) is 16.1 Å². The Balaban J connectivity index is 2.10. The minimum absolute atomic E-state index is 0.0824. The molecule has 0 radical (unpaired) electrons. The first-order valence-corrected chi connectivity index (χ1v) is 8.05. The van der Waals surface area contributed by atoms with Crippen LogP contribution in [-0.4, -0.2) is 15.4 Å². The molecule has 0 saturated carbocycles. The molecule has 118 valence electrons. The third-order valence-corrected chi connectivity index (χ3v) is 5.25. The summed E-state index contributed by atoms with van der Waals surface area (Å²) in [5.41, 5.74) is 10.6. The van der Waals surface area contributed by atoms with Crippen molar-refractivity contribution in [3.8, 4) is 10.6 Å². The number of hydrazine groups is 2. The fourth-order valence-electron chi connectivity index (χ4n) is 3.42. The van der Waals surface area contributed by atoms with Crippen LogP contribution in [-0.2, 0) is 0 Å². The molecular formula is C15H15N5O2S. The predicted octanol–water partition coefficient (Wildman–Crippen LogP) is 3.07. The van der Waals surface area contributed by atoms with Gasteiger partial charge in [0.1, 0.15) is 5.01 Å². The second-order valence-corrected chi connectivity index (χ2v) is 6.97. The van der Waals surface area contributed by atoms with Crippen LogP contribution in [0.3, 0.4) is 0 Å². The van der Waals surface area contributed by atoms with Gasteiger partial charge in [-0.2, -0.15) is 0 Å². The first-order chi connectivity index (χ1) is 10.9. The van der Waals surface area contributed by atoms with Crippen molar-refractivity contribution in [1.82, 2.24) is 15.9 Å². The molecule has 1 aromatic carbocycles. The molecule has 7 nitrogen and oxygen atoms in total. The van der Waals surface area contributed by atoms with E-state index >= 15 is 0 Å². The number of nitrogens with zero attached hydrogens (tertiary/aromatic N) is 3. The molecule has 2 aliphatic heterocycles. The molecule has 0 unspecified atom stereocenters. The Kier molecular flexibility index (Phi) is 2.79. The van der Waals surface area contributed by atoms with Crippen molar-refractivity contribution in [2.24, 2.45) is 0 Å². The van der Waals surface area contributed by atoms with Crippen LogP contribution in [0.1, 0.15) is 26.3 Å². The van der Waals surface area contributed by atoms with Crippen LogP contribution in [0, 0.1) is 10.1 Å². The number of thiazole rings is 1. The van der Waals surface area contributed by atoms with E-state index in [9.17, 15) is 10.1 Å². The lowest BCUT2D eigenvalue weighted by Gasteiger charge is -2.37. The van der Waals surface area contributed by atoms with Gasteiger partial charge in [-0.25, -0.2) is 4.98 Å².